The summed E-state index contributed by atoms with van der Waals surface area (Å²) in [6.07, 6.45) is -0.628. The topological polar surface area (TPSA) is 72.5 Å². The van der Waals surface area contributed by atoms with Gasteiger partial charge in [0.05, 0.1) is 12.2 Å². The number of nitrogens with one attached hydrogen (secondary N) is 2. The van der Waals surface area contributed by atoms with Gasteiger partial charge >= 0.3 is 6.09 Å². The number of aryl methyl sites for hydroxylation is 1. The first-order valence-corrected chi connectivity index (χ1v) is 6.82. The Morgan fingerprint density at radius 1 is 1.55 bits per heavy atom. The maximum absolute atomic E-state index is 10.9. The third-order valence-electron chi connectivity index (χ3n) is 2.92. The molecule has 6 nitrogen and oxygen atoms in total. The van der Waals surface area contributed by atoms with Gasteiger partial charge in [0.25, 0.3) is 0 Å². The van der Waals surface area contributed by atoms with Crippen molar-refractivity contribution in [2.75, 3.05) is 13.2 Å². The molecule has 0 saturated carbocycles. The van der Waals surface area contributed by atoms with Gasteiger partial charge in [0.1, 0.15) is 12.4 Å². The number of hydrogen-bond donors (Lipinski definition) is 2. The maximum atomic E-state index is 10.9. The molecule has 0 aliphatic carbocycles. The molecule has 2 heterocycles. The Hall–Kier alpha value is -1.82. The van der Waals surface area contributed by atoms with Crippen LogP contribution in [0.15, 0.2) is 12.1 Å². The lowest BCUT2D eigenvalue weighted by Crippen LogP contribution is -2.25. The van der Waals surface area contributed by atoms with Gasteiger partial charge < -0.3 is 20.1 Å². The zero-order chi connectivity index (χ0) is 14.5. The summed E-state index contributed by atoms with van der Waals surface area (Å²) in [6.45, 7) is 7.58. The smallest absolute Gasteiger partial charge is 0.407 e. The number of amides is 1. The van der Waals surface area contributed by atoms with Gasteiger partial charge in [-0.25, -0.2) is 4.79 Å². The third kappa shape index (κ3) is 4.09. The fourth-order valence-corrected chi connectivity index (χ4v) is 1.86. The molecule has 1 aromatic heterocycles. The number of cyclic esters (lactones) is 1. The second-order valence-electron chi connectivity index (χ2n) is 5.15. The van der Waals surface area contributed by atoms with Crippen LogP contribution < -0.4 is 15.4 Å². The van der Waals surface area contributed by atoms with Gasteiger partial charge in [0, 0.05) is 18.3 Å². The highest BCUT2D eigenvalue weighted by Gasteiger charge is 2.23. The van der Waals surface area contributed by atoms with Crippen molar-refractivity contribution in [3.63, 3.8) is 0 Å². The molecule has 1 aromatic rings. The van der Waals surface area contributed by atoms with Crippen LogP contribution in [0.2, 0.25) is 0 Å². The average molecular weight is 279 g/mol. The fourth-order valence-electron chi connectivity index (χ4n) is 1.86. The molecule has 0 aromatic carbocycles. The van der Waals surface area contributed by atoms with Gasteiger partial charge in [0.2, 0.25) is 0 Å². The molecule has 2 rings (SSSR count). The van der Waals surface area contributed by atoms with Crippen LogP contribution in [0.4, 0.5) is 4.79 Å². The minimum absolute atomic E-state index is 0.241. The van der Waals surface area contributed by atoms with Crippen molar-refractivity contribution < 1.29 is 14.3 Å². The van der Waals surface area contributed by atoms with Crippen LogP contribution in [0.3, 0.4) is 0 Å². The molecule has 20 heavy (non-hydrogen) atoms. The molecule has 6 heteroatoms. The first-order chi connectivity index (χ1) is 9.54. The average Bonchev–Trinajstić information content (AvgIpc) is 2.81. The predicted octanol–water partition coefficient (Wildman–Crippen LogP) is 1.38. The van der Waals surface area contributed by atoms with Crippen molar-refractivity contribution in [2.45, 2.75) is 39.5 Å². The Bertz CT molecular complexity index is 477. The Morgan fingerprint density at radius 3 is 3.00 bits per heavy atom. The van der Waals surface area contributed by atoms with E-state index in [1.807, 2.05) is 19.1 Å². The number of hydrogen-bond acceptors (Lipinski definition) is 5. The standard InChI is InChI=1S/C14H21N3O3/c1-9(2)15-7-12-13(5-4-10(3)17-12)19-8-11-6-16-14(18)20-11/h4-5,9,11,15H,6-8H2,1-3H3,(H,16,18). The highest BCUT2D eigenvalue weighted by Crippen LogP contribution is 2.18. The van der Waals surface area contributed by atoms with E-state index < -0.39 is 0 Å². The molecule has 0 spiro atoms. The van der Waals surface area contributed by atoms with Crippen molar-refractivity contribution in [1.82, 2.24) is 15.6 Å². The number of aromatic nitrogens is 1. The first kappa shape index (κ1) is 14.6. The van der Waals surface area contributed by atoms with E-state index in [9.17, 15) is 4.79 Å². The quantitative estimate of drug-likeness (QED) is 0.823. The van der Waals surface area contributed by atoms with E-state index in [-0.39, 0.29) is 12.2 Å². The second kappa shape index (κ2) is 6.56. The van der Waals surface area contributed by atoms with E-state index in [2.05, 4.69) is 29.5 Å². The van der Waals surface area contributed by atoms with Crippen LogP contribution in [0.1, 0.15) is 25.2 Å². The molecule has 1 atom stereocenters. The number of pyridine rings is 1. The molecule has 110 valence electrons. The molecule has 1 unspecified atom stereocenters. The van der Waals surface area contributed by atoms with Crippen molar-refractivity contribution >= 4 is 6.09 Å². The number of ether oxygens (including phenoxy) is 2. The van der Waals surface area contributed by atoms with Crippen LogP contribution in [0, 0.1) is 6.92 Å². The van der Waals surface area contributed by atoms with E-state index in [4.69, 9.17) is 9.47 Å². The van der Waals surface area contributed by atoms with E-state index in [1.165, 1.54) is 0 Å². The lowest BCUT2D eigenvalue weighted by molar-refractivity contribution is 0.104. The minimum atomic E-state index is -0.387. The van der Waals surface area contributed by atoms with E-state index in [0.717, 1.165) is 17.1 Å². The molecule has 0 bridgehead atoms. The minimum Gasteiger partial charge on any atom is -0.488 e. The summed E-state index contributed by atoms with van der Waals surface area (Å²) in [5.74, 6) is 0.728. The summed E-state index contributed by atoms with van der Waals surface area (Å²) in [6, 6.07) is 4.20. The van der Waals surface area contributed by atoms with Crippen LogP contribution in [0.5, 0.6) is 5.75 Å². The van der Waals surface area contributed by atoms with Gasteiger partial charge in [-0.1, -0.05) is 13.8 Å². The molecule has 1 aliphatic rings. The summed E-state index contributed by atoms with van der Waals surface area (Å²) in [4.78, 5) is 15.4. The van der Waals surface area contributed by atoms with Crippen LogP contribution in [-0.2, 0) is 11.3 Å². The second-order valence-corrected chi connectivity index (χ2v) is 5.15. The van der Waals surface area contributed by atoms with Crippen LogP contribution in [0.25, 0.3) is 0 Å². The SMILES string of the molecule is Cc1ccc(OCC2CNC(=O)O2)c(CNC(C)C)n1. The first-order valence-electron chi connectivity index (χ1n) is 6.82. The Labute approximate surface area is 118 Å². The van der Waals surface area contributed by atoms with Gasteiger partial charge in [-0.05, 0) is 19.1 Å². The molecule has 0 radical (unpaired) electrons. The molecule has 1 aliphatic heterocycles. The molecular weight excluding hydrogens is 258 g/mol. The lowest BCUT2D eigenvalue weighted by Gasteiger charge is -2.15. The van der Waals surface area contributed by atoms with Crippen molar-refractivity contribution in [2.24, 2.45) is 0 Å². The zero-order valence-electron chi connectivity index (χ0n) is 12.1. The van der Waals surface area contributed by atoms with Crippen molar-refractivity contribution in [3.05, 3.63) is 23.5 Å². The highest BCUT2D eigenvalue weighted by molar-refractivity contribution is 5.69. The summed E-state index contributed by atoms with van der Waals surface area (Å²) in [5, 5.41) is 5.92. The summed E-state index contributed by atoms with van der Waals surface area (Å²) in [5.41, 5.74) is 1.82. The number of rotatable bonds is 6. The molecule has 1 fully saturated rings. The summed E-state index contributed by atoms with van der Waals surface area (Å²) in [7, 11) is 0. The number of carbonyl (C=O) groups excluding carboxylic acids is 1. The Balaban J connectivity index is 1.96. The van der Waals surface area contributed by atoms with Crippen molar-refractivity contribution in [3.8, 4) is 5.75 Å². The molecule has 1 amide bonds. The van der Waals surface area contributed by atoms with Gasteiger partial charge in [-0.3, -0.25) is 4.98 Å². The molecule has 2 N–H and O–H groups in total. The summed E-state index contributed by atoms with van der Waals surface area (Å²) >= 11 is 0. The molecular formula is C14H21N3O3. The van der Waals surface area contributed by atoms with Crippen molar-refractivity contribution in [1.29, 1.82) is 0 Å². The molecule has 1 saturated heterocycles. The number of carbonyl (C=O) groups is 1. The number of nitrogens with zero attached hydrogens (tertiary/aromatic N) is 1. The van der Waals surface area contributed by atoms with E-state index >= 15 is 0 Å². The Morgan fingerprint density at radius 2 is 2.35 bits per heavy atom. The van der Waals surface area contributed by atoms with Gasteiger partial charge in [-0.15, -0.1) is 0 Å². The predicted molar refractivity (Wildman–Crippen MR) is 74.7 cm³/mol. The fraction of sp³-hybridized carbons (Fsp3) is 0.571. The van der Waals surface area contributed by atoms with E-state index in [1.54, 1.807) is 0 Å². The maximum Gasteiger partial charge on any atom is 0.407 e. The Kier molecular flexibility index (Phi) is 4.79. The summed E-state index contributed by atoms with van der Waals surface area (Å²) < 4.78 is 10.8. The van der Waals surface area contributed by atoms with Gasteiger partial charge in [-0.2, -0.15) is 0 Å². The highest BCUT2D eigenvalue weighted by atomic mass is 16.6. The third-order valence-corrected chi connectivity index (χ3v) is 2.92. The largest absolute Gasteiger partial charge is 0.488 e. The monoisotopic (exact) mass is 279 g/mol. The number of alkyl carbamates (subject to hydrolysis) is 1. The normalized spacial score (nSPS) is 18.0. The van der Waals surface area contributed by atoms with Crippen LogP contribution in [-0.4, -0.2) is 36.4 Å². The zero-order valence-corrected chi connectivity index (χ0v) is 12.1. The van der Waals surface area contributed by atoms with Crippen LogP contribution >= 0.6 is 0 Å². The van der Waals surface area contributed by atoms with Gasteiger partial charge in [0.15, 0.2) is 6.10 Å². The van der Waals surface area contributed by atoms with E-state index in [0.29, 0.717) is 25.7 Å². The lowest BCUT2D eigenvalue weighted by atomic mass is 10.2.